The summed E-state index contributed by atoms with van der Waals surface area (Å²) >= 11 is 0. The molecule has 28 nitrogen and oxygen atoms in total. The zero-order valence-electron chi connectivity index (χ0n) is 25.0. The molecule has 15 atom stereocenters. The summed E-state index contributed by atoms with van der Waals surface area (Å²) < 4.78 is 136. The first-order valence-corrected chi connectivity index (χ1v) is 17.6. The van der Waals surface area contributed by atoms with E-state index in [9.17, 15) is 84.5 Å². The van der Waals surface area contributed by atoms with Gasteiger partial charge in [0.05, 0.1) is 6.61 Å². The van der Waals surface area contributed by atoms with Crippen LogP contribution in [0.4, 0.5) is 0 Å². The van der Waals surface area contributed by atoms with Gasteiger partial charge in [0.25, 0.3) is 0 Å². The Labute approximate surface area is 285 Å². The van der Waals surface area contributed by atoms with Gasteiger partial charge in [0.2, 0.25) is 5.91 Å². The summed E-state index contributed by atoms with van der Waals surface area (Å²) in [6.45, 7) is -0.626. The van der Waals surface area contributed by atoms with Crippen molar-refractivity contribution in [3.05, 3.63) is 0 Å². The van der Waals surface area contributed by atoms with Crippen LogP contribution in [0, 0.1) is 0 Å². The fourth-order valence-electron chi connectivity index (χ4n) is 5.11. The van der Waals surface area contributed by atoms with Crippen LogP contribution < -0.4 is 5.32 Å². The molecule has 51 heavy (non-hydrogen) atoms. The van der Waals surface area contributed by atoms with Gasteiger partial charge in [0.15, 0.2) is 43.3 Å². The fraction of sp³-hybridized carbons (Fsp3) is 0.850. The smallest absolute Gasteiger partial charge is 0.397 e. The number of rotatable bonds is 14. The average molecular weight is 814 g/mol. The monoisotopic (exact) mass is 813 g/mol. The van der Waals surface area contributed by atoms with Crippen LogP contribution in [0.1, 0.15) is 6.92 Å². The number of carbonyl (C=O) groups is 3. The topological polar surface area (TPSA) is 442 Å². The number of carboxylic acid groups (broad SMARTS) is 2. The van der Waals surface area contributed by atoms with E-state index in [-0.39, 0.29) is 0 Å². The second-order valence-corrected chi connectivity index (χ2v) is 13.8. The van der Waals surface area contributed by atoms with E-state index in [0.29, 0.717) is 0 Å². The minimum absolute atomic E-state index is 0.762. The Balaban J connectivity index is 2.18. The van der Waals surface area contributed by atoms with Crippen molar-refractivity contribution in [1.82, 2.24) is 5.32 Å². The molecule has 0 aromatic heterocycles. The van der Waals surface area contributed by atoms with E-state index in [2.05, 4.69) is 12.5 Å². The van der Waals surface area contributed by atoms with E-state index in [4.69, 9.17) is 28.2 Å². The maximum absolute atomic E-state index is 12.3. The standard InChI is InChI=1S/C20H31NO27S3/c1-3(23)21-5-10(43-20-14(48-51(38,39)40)7(25)6(24)12(45-20)16(27)28)9(46-49(32,33)34)4(2-22)41-19(5)44-11-8(26)13(47-50(35,36)37)18(31)42-15(11)17(29)30/h4-15,18-20,22,24-26,31H,2H2,1H3,(H,21,23)(H,27,28)(H,29,30)(H,32,33,34)(H,35,36,37)(H,38,39,40)/t4-,5-,6+,7+,8+,9+,10-,11+,12-,13-,14-,15-,18-,19+,20-/m1/s1. The highest BCUT2D eigenvalue weighted by Gasteiger charge is 2.58. The molecule has 11 N–H and O–H groups in total. The van der Waals surface area contributed by atoms with E-state index >= 15 is 0 Å². The first-order valence-electron chi connectivity index (χ1n) is 13.5. The van der Waals surface area contributed by atoms with Crippen molar-refractivity contribution in [1.29, 1.82) is 0 Å². The third-order valence-corrected chi connectivity index (χ3v) is 8.44. The molecule has 0 aromatic carbocycles. The minimum Gasteiger partial charge on any atom is -0.479 e. The second-order valence-electron chi connectivity index (χ2n) is 10.6. The lowest BCUT2D eigenvalue weighted by molar-refractivity contribution is -0.353. The quantitative estimate of drug-likeness (QED) is 0.0725. The van der Waals surface area contributed by atoms with Crippen molar-refractivity contribution < 1.29 is 125 Å². The number of ether oxygens (including phenoxy) is 5. The summed E-state index contributed by atoms with van der Waals surface area (Å²) in [4.78, 5) is 36.1. The first kappa shape index (κ1) is 43.0. The number of carboxylic acids is 2. The average Bonchev–Trinajstić information content (AvgIpc) is 2.96. The highest BCUT2D eigenvalue weighted by atomic mass is 32.3. The van der Waals surface area contributed by atoms with Gasteiger partial charge < -0.3 is 64.7 Å². The molecular formula is C20H31NO27S3. The highest BCUT2D eigenvalue weighted by molar-refractivity contribution is 7.81. The van der Waals surface area contributed by atoms with Crippen LogP contribution >= 0.6 is 0 Å². The van der Waals surface area contributed by atoms with Crippen molar-refractivity contribution in [3.8, 4) is 0 Å². The molecule has 1 amide bonds. The van der Waals surface area contributed by atoms with E-state index in [0.717, 1.165) is 6.92 Å². The Hall–Kier alpha value is -2.38. The maximum atomic E-state index is 12.3. The van der Waals surface area contributed by atoms with E-state index in [1.807, 2.05) is 5.32 Å². The van der Waals surface area contributed by atoms with Gasteiger partial charge in [-0.15, -0.1) is 0 Å². The molecule has 3 heterocycles. The number of aliphatic hydroxyl groups is 5. The van der Waals surface area contributed by atoms with Gasteiger partial charge in [-0.3, -0.25) is 18.5 Å². The predicted molar refractivity (Wildman–Crippen MR) is 145 cm³/mol. The molecule has 3 fully saturated rings. The van der Waals surface area contributed by atoms with E-state index in [1.165, 1.54) is 0 Å². The van der Waals surface area contributed by atoms with E-state index in [1.54, 1.807) is 0 Å². The third-order valence-electron chi connectivity index (χ3n) is 7.05. The maximum Gasteiger partial charge on any atom is 0.397 e. The van der Waals surface area contributed by atoms with Crippen LogP contribution in [0.15, 0.2) is 0 Å². The normalized spacial score (nSPS) is 39.6. The van der Waals surface area contributed by atoms with Crippen LogP contribution in [0.3, 0.4) is 0 Å². The van der Waals surface area contributed by atoms with Crippen molar-refractivity contribution in [2.24, 2.45) is 0 Å². The number of hydrogen-bond acceptors (Lipinski definition) is 22. The third kappa shape index (κ3) is 11.1. The van der Waals surface area contributed by atoms with Gasteiger partial charge in [-0.2, -0.15) is 25.3 Å². The lowest BCUT2D eigenvalue weighted by Gasteiger charge is -2.49. The zero-order chi connectivity index (χ0) is 39.0. The van der Waals surface area contributed by atoms with Crippen LogP contribution in [0.25, 0.3) is 0 Å². The molecular weight excluding hydrogens is 782 g/mol. The van der Waals surface area contributed by atoms with Crippen molar-refractivity contribution >= 4 is 49.0 Å². The Bertz CT molecular complexity index is 1600. The summed E-state index contributed by atoms with van der Waals surface area (Å²) in [7, 11) is -16.8. The summed E-state index contributed by atoms with van der Waals surface area (Å²) in [6, 6.07) is -2.26. The fourth-order valence-corrected chi connectivity index (χ4v) is 6.60. The van der Waals surface area contributed by atoms with Crippen LogP contribution in [0.5, 0.6) is 0 Å². The Morgan fingerprint density at radius 1 is 0.627 bits per heavy atom. The van der Waals surface area contributed by atoms with Gasteiger partial charge in [-0.25, -0.2) is 22.1 Å². The molecule has 3 aliphatic heterocycles. The minimum atomic E-state index is -5.66. The molecule has 3 aliphatic rings. The number of hydrogen-bond donors (Lipinski definition) is 11. The van der Waals surface area contributed by atoms with Crippen molar-refractivity contribution in [2.45, 2.75) is 99.0 Å². The first-order chi connectivity index (χ1) is 23.2. The van der Waals surface area contributed by atoms with Crippen molar-refractivity contribution in [3.63, 3.8) is 0 Å². The van der Waals surface area contributed by atoms with Crippen LogP contribution in [-0.2, 0) is 81.8 Å². The molecule has 0 radical (unpaired) electrons. The molecule has 3 rings (SSSR count). The molecule has 0 spiro atoms. The van der Waals surface area contributed by atoms with Gasteiger partial charge in [0, 0.05) is 6.92 Å². The van der Waals surface area contributed by atoms with E-state index < -0.39 is 148 Å². The molecule has 0 saturated carbocycles. The lowest BCUT2D eigenvalue weighted by Crippen LogP contribution is -2.70. The summed E-state index contributed by atoms with van der Waals surface area (Å²) in [5.74, 6) is -5.23. The van der Waals surface area contributed by atoms with Gasteiger partial charge in [0.1, 0.15) is 48.8 Å². The number of nitrogens with one attached hydrogen (secondary N) is 1. The number of amides is 1. The SMILES string of the molecule is CC(=O)N[C@H]1[C@H](O[C@H]2[C@H](O)[C@@H](OS(=O)(=O)O)[C@H](O)O[C@H]2C(=O)O)O[C@H](CO)[C@H](OS(=O)(=O)O)[C@@H]1O[C@@H]1O[C@@H](C(=O)O)[C@@H](O)[C@H](O)[C@H]1OS(=O)(=O)O. The van der Waals surface area contributed by atoms with Crippen molar-refractivity contribution in [2.75, 3.05) is 6.61 Å². The second kappa shape index (κ2) is 16.3. The van der Waals surface area contributed by atoms with Gasteiger partial charge in [-0.05, 0) is 0 Å². The number of carbonyl (C=O) groups excluding carboxylic acids is 1. The Kier molecular flexibility index (Phi) is 13.8. The summed E-state index contributed by atoms with van der Waals surface area (Å²) in [5.41, 5.74) is 0. The van der Waals surface area contributed by atoms with Gasteiger partial charge >= 0.3 is 43.1 Å². The lowest BCUT2D eigenvalue weighted by atomic mass is 9.94. The summed E-state index contributed by atoms with van der Waals surface area (Å²) in [5, 5.41) is 72.7. The zero-order valence-corrected chi connectivity index (χ0v) is 27.5. The van der Waals surface area contributed by atoms with Crippen LogP contribution in [0.2, 0.25) is 0 Å². The predicted octanol–water partition coefficient (Wildman–Crippen LogP) is -7.76. The highest BCUT2D eigenvalue weighted by Crippen LogP contribution is 2.35. The molecule has 296 valence electrons. The molecule has 3 saturated heterocycles. The molecule has 0 bridgehead atoms. The Morgan fingerprint density at radius 3 is 1.59 bits per heavy atom. The number of aliphatic hydroxyl groups excluding tert-OH is 5. The molecule has 0 aromatic rings. The summed E-state index contributed by atoms with van der Waals surface area (Å²) in [6.07, 6.45) is -35.3. The van der Waals surface area contributed by atoms with Crippen LogP contribution in [-0.4, -0.2) is 191 Å². The Morgan fingerprint density at radius 2 is 1.12 bits per heavy atom. The number of aliphatic carboxylic acids is 2. The molecule has 31 heteroatoms. The molecule has 0 aliphatic carbocycles. The molecule has 0 unspecified atom stereocenters. The van der Waals surface area contributed by atoms with Gasteiger partial charge in [-0.1, -0.05) is 0 Å². The largest absolute Gasteiger partial charge is 0.479 e.